The van der Waals surface area contributed by atoms with E-state index in [1.807, 2.05) is 24.3 Å². The predicted molar refractivity (Wildman–Crippen MR) is 108 cm³/mol. The minimum atomic E-state index is -0.0955. The molecule has 4 rings (SSSR count). The Morgan fingerprint density at radius 3 is 2.75 bits per heavy atom. The van der Waals surface area contributed by atoms with Crippen molar-refractivity contribution in [3.05, 3.63) is 74.7 Å². The SMILES string of the molecule is COc1ccc(CN2CCc3c(nc(-c4ccc(Cl)cc4)[nH]c3=O)C2)c(O)c1. The zero-order valence-corrected chi connectivity index (χ0v) is 16.2. The van der Waals surface area contributed by atoms with Gasteiger partial charge in [0, 0.05) is 47.4 Å². The minimum Gasteiger partial charge on any atom is -0.507 e. The van der Waals surface area contributed by atoms with Crippen molar-refractivity contribution >= 4 is 11.6 Å². The van der Waals surface area contributed by atoms with Crippen LogP contribution in [-0.4, -0.2) is 33.6 Å². The number of aromatic amines is 1. The van der Waals surface area contributed by atoms with Crippen molar-refractivity contribution in [2.24, 2.45) is 0 Å². The Hall–Kier alpha value is -2.83. The van der Waals surface area contributed by atoms with E-state index in [4.69, 9.17) is 21.3 Å². The van der Waals surface area contributed by atoms with Crippen LogP contribution in [0.2, 0.25) is 5.02 Å². The zero-order chi connectivity index (χ0) is 19.7. The second kappa shape index (κ2) is 7.66. The van der Waals surface area contributed by atoms with Gasteiger partial charge in [0.15, 0.2) is 0 Å². The number of aromatic hydroxyl groups is 1. The fraction of sp³-hybridized carbons (Fsp3) is 0.238. The molecule has 144 valence electrons. The van der Waals surface area contributed by atoms with Crippen LogP contribution in [0.25, 0.3) is 11.4 Å². The van der Waals surface area contributed by atoms with Crippen LogP contribution in [-0.2, 0) is 19.5 Å². The van der Waals surface area contributed by atoms with Crippen molar-refractivity contribution in [1.29, 1.82) is 0 Å². The van der Waals surface area contributed by atoms with Gasteiger partial charge >= 0.3 is 0 Å². The molecule has 0 radical (unpaired) electrons. The lowest BCUT2D eigenvalue weighted by Gasteiger charge is -2.28. The van der Waals surface area contributed by atoms with E-state index in [1.165, 1.54) is 0 Å². The molecule has 1 aliphatic rings. The first-order valence-corrected chi connectivity index (χ1v) is 9.37. The Bertz CT molecular complexity index is 1060. The third-order valence-corrected chi connectivity index (χ3v) is 5.21. The van der Waals surface area contributed by atoms with E-state index < -0.39 is 0 Å². The van der Waals surface area contributed by atoms with Crippen LogP contribution in [0.4, 0.5) is 0 Å². The lowest BCUT2D eigenvalue weighted by atomic mass is 10.0. The first kappa shape index (κ1) is 18.5. The molecule has 2 aromatic carbocycles. The number of aromatic nitrogens is 2. The number of H-pyrrole nitrogens is 1. The highest BCUT2D eigenvalue weighted by molar-refractivity contribution is 6.30. The van der Waals surface area contributed by atoms with E-state index >= 15 is 0 Å². The summed E-state index contributed by atoms with van der Waals surface area (Å²) in [5, 5.41) is 10.9. The third kappa shape index (κ3) is 3.74. The number of phenols is 1. The van der Waals surface area contributed by atoms with Gasteiger partial charge in [0.25, 0.3) is 5.56 Å². The Kier molecular flexibility index (Phi) is 5.07. The summed E-state index contributed by atoms with van der Waals surface area (Å²) in [7, 11) is 1.57. The van der Waals surface area contributed by atoms with Crippen molar-refractivity contribution in [3.63, 3.8) is 0 Å². The summed E-state index contributed by atoms with van der Waals surface area (Å²) in [5.74, 6) is 1.35. The smallest absolute Gasteiger partial charge is 0.254 e. The average molecular weight is 398 g/mol. The highest BCUT2D eigenvalue weighted by Crippen LogP contribution is 2.27. The minimum absolute atomic E-state index is 0.0955. The monoisotopic (exact) mass is 397 g/mol. The lowest BCUT2D eigenvalue weighted by Crippen LogP contribution is -2.35. The van der Waals surface area contributed by atoms with Crippen LogP contribution in [0.15, 0.2) is 47.3 Å². The van der Waals surface area contributed by atoms with Crippen LogP contribution in [0, 0.1) is 0 Å². The summed E-state index contributed by atoms with van der Waals surface area (Å²) in [6.45, 7) is 1.84. The van der Waals surface area contributed by atoms with Crippen molar-refractivity contribution in [3.8, 4) is 22.9 Å². The number of benzene rings is 2. The number of methoxy groups -OCH3 is 1. The third-order valence-electron chi connectivity index (χ3n) is 4.96. The molecule has 1 aliphatic heterocycles. The second-order valence-electron chi connectivity index (χ2n) is 6.80. The molecule has 0 atom stereocenters. The van der Waals surface area contributed by atoms with Crippen LogP contribution >= 0.6 is 11.6 Å². The molecular formula is C21H20ClN3O3. The molecule has 0 aliphatic carbocycles. The molecule has 0 saturated carbocycles. The summed E-state index contributed by atoms with van der Waals surface area (Å²) < 4.78 is 5.13. The number of fused-ring (bicyclic) bond motifs is 1. The lowest BCUT2D eigenvalue weighted by molar-refractivity contribution is 0.237. The second-order valence-corrected chi connectivity index (χ2v) is 7.24. The molecule has 1 aromatic heterocycles. The maximum Gasteiger partial charge on any atom is 0.254 e. The highest BCUT2D eigenvalue weighted by Gasteiger charge is 2.22. The van der Waals surface area contributed by atoms with E-state index in [0.717, 1.165) is 28.9 Å². The fourth-order valence-electron chi connectivity index (χ4n) is 3.42. The number of nitrogens with one attached hydrogen (secondary N) is 1. The molecule has 6 nitrogen and oxygen atoms in total. The number of halogens is 1. The summed E-state index contributed by atoms with van der Waals surface area (Å²) in [5.41, 5.74) is 3.03. The summed E-state index contributed by atoms with van der Waals surface area (Å²) in [6, 6.07) is 12.5. The molecule has 3 aromatic rings. The van der Waals surface area contributed by atoms with Gasteiger partial charge in [-0.05, 0) is 36.8 Å². The number of phenolic OH excluding ortho intramolecular Hbond substituents is 1. The van der Waals surface area contributed by atoms with E-state index in [-0.39, 0.29) is 11.3 Å². The normalized spacial score (nSPS) is 13.9. The van der Waals surface area contributed by atoms with Gasteiger partial charge in [-0.15, -0.1) is 0 Å². The molecule has 0 spiro atoms. The van der Waals surface area contributed by atoms with Gasteiger partial charge in [-0.2, -0.15) is 0 Å². The molecule has 7 heteroatoms. The number of ether oxygens (including phenoxy) is 1. The number of nitrogens with zero attached hydrogens (tertiary/aromatic N) is 2. The largest absolute Gasteiger partial charge is 0.507 e. The molecule has 2 heterocycles. The van der Waals surface area contributed by atoms with Crippen LogP contribution in [0.5, 0.6) is 11.5 Å². The summed E-state index contributed by atoms with van der Waals surface area (Å²) >= 11 is 5.95. The Morgan fingerprint density at radius 2 is 2.04 bits per heavy atom. The molecule has 2 N–H and O–H groups in total. The molecule has 0 bridgehead atoms. The van der Waals surface area contributed by atoms with Crippen molar-refractivity contribution < 1.29 is 9.84 Å². The quantitative estimate of drug-likeness (QED) is 0.705. The van der Waals surface area contributed by atoms with Crippen molar-refractivity contribution in [2.75, 3.05) is 13.7 Å². The number of rotatable bonds is 4. The van der Waals surface area contributed by atoms with Crippen LogP contribution < -0.4 is 10.3 Å². The summed E-state index contributed by atoms with van der Waals surface area (Å²) in [4.78, 5) is 22.3. The Balaban J connectivity index is 1.59. The van der Waals surface area contributed by atoms with Gasteiger partial charge in [-0.25, -0.2) is 4.98 Å². The van der Waals surface area contributed by atoms with E-state index in [2.05, 4.69) is 9.88 Å². The molecule has 0 amide bonds. The van der Waals surface area contributed by atoms with Gasteiger partial charge in [0.05, 0.1) is 12.8 Å². The maximum absolute atomic E-state index is 12.5. The predicted octanol–water partition coefficient (Wildman–Crippen LogP) is 3.36. The first-order valence-electron chi connectivity index (χ1n) is 9.00. The Labute approximate surface area is 167 Å². The topological polar surface area (TPSA) is 78.5 Å². The molecule has 0 fully saturated rings. The van der Waals surface area contributed by atoms with Gasteiger partial charge in [0.1, 0.15) is 17.3 Å². The van der Waals surface area contributed by atoms with Gasteiger partial charge in [-0.1, -0.05) is 17.7 Å². The van der Waals surface area contributed by atoms with Crippen molar-refractivity contribution in [2.45, 2.75) is 19.5 Å². The van der Waals surface area contributed by atoms with Gasteiger partial charge < -0.3 is 14.8 Å². The molecule has 0 saturated heterocycles. The van der Waals surface area contributed by atoms with Crippen molar-refractivity contribution in [1.82, 2.24) is 14.9 Å². The average Bonchev–Trinajstić information content (AvgIpc) is 2.69. The number of hydrogen-bond donors (Lipinski definition) is 2. The maximum atomic E-state index is 12.5. The Morgan fingerprint density at radius 1 is 1.25 bits per heavy atom. The van der Waals surface area contributed by atoms with E-state index in [9.17, 15) is 9.90 Å². The highest BCUT2D eigenvalue weighted by atomic mass is 35.5. The van der Waals surface area contributed by atoms with Crippen LogP contribution in [0.1, 0.15) is 16.8 Å². The zero-order valence-electron chi connectivity index (χ0n) is 15.4. The summed E-state index contributed by atoms with van der Waals surface area (Å²) in [6.07, 6.45) is 0.621. The first-order chi connectivity index (χ1) is 13.5. The molecule has 28 heavy (non-hydrogen) atoms. The van der Waals surface area contributed by atoms with Crippen LogP contribution in [0.3, 0.4) is 0 Å². The molecule has 0 unspecified atom stereocenters. The van der Waals surface area contributed by atoms with E-state index in [0.29, 0.717) is 36.1 Å². The number of hydrogen-bond acceptors (Lipinski definition) is 5. The fourth-order valence-corrected chi connectivity index (χ4v) is 3.54. The van der Waals surface area contributed by atoms with Gasteiger partial charge in [-0.3, -0.25) is 9.69 Å². The van der Waals surface area contributed by atoms with Gasteiger partial charge in [0.2, 0.25) is 0 Å². The molecular weight excluding hydrogens is 378 g/mol. The van der Waals surface area contributed by atoms with E-state index in [1.54, 1.807) is 25.3 Å². The standard InChI is InChI=1S/C21H20ClN3O3/c1-28-16-7-4-14(19(26)10-16)11-25-9-8-17-18(12-25)23-20(24-21(17)27)13-2-5-15(22)6-3-13/h2-7,10,26H,8-9,11-12H2,1H3,(H,23,24,27).